The largest absolute Gasteiger partial charge is 0.492 e. The Hall–Kier alpha value is -3.92. The van der Waals surface area contributed by atoms with Gasteiger partial charge in [0, 0.05) is 37.9 Å². The van der Waals surface area contributed by atoms with Gasteiger partial charge in [0.1, 0.15) is 0 Å². The van der Waals surface area contributed by atoms with E-state index in [9.17, 15) is 31.4 Å². The van der Waals surface area contributed by atoms with E-state index in [1.165, 1.54) is 6.21 Å². The molecule has 1 N–H and O–H groups in total. The molecule has 0 aliphatic carbocycles. The summed E-state index contributed by atoms with van der Waals surface area (Å²) >= 11 is 1.08. The van der Waals surface area contributed by atoms with Crippen molar-refractivity contribution < 1.29 is 31.4 Å². The molecule has 202 valence electrons. The molecule has 13 heteroatoms. The van der Waals surface area contributed by atoms with Crippen molar-refractivity contribution >= 4 is 28.3 Å². The van der Waals surface area contributed by atoms with Crippen LogP contribution in [0.4, 0.5) is 31.5 Å². The van der Waals surface area contributed by atoms with E-state index < -0.39 is 35.8 Å². The van der Waals surface area contributed by atoms with E-state index in [0.29, 0.717) is 53.3 Å². The van der Waals surface area contributed by atoms with Gasteiger partial charge >= 0.3 is 12.4 Å². The minimum Gasteiger partial charge on any atom is -0.492 e. The summed E-state index contributed by atoms with van der Waals surface area (Å²) in [5.41, 5.74) is -2.31. The quantitative estimate of drug-likeness (QED) is 0.352. The summed E-state index contributed by atoms with van der Waals surface area (Å²) in [7, 11) is 0. The number of aromatic hydroxyl groups is 1. The van der Waals surface area contributed by atoms with Crippen LogP contribution in [0.5, 0.6) is 5.88 Å². The number of aromatic nitrogens is 1. The number of benzene rings is 2. The van der Waals surface area contributed by atoms with Crippen LogP contribution in [-0.4, -0.2) is 35.4 Å². The number of hydrogen-bond acceptors (Lipinski definition) is 6. The summed E-state index contributed by atoms with van der Waals surface area (Å²) in [5, 5.41) is 20.1. The molecular weight excluding hydrogens is 544 g/mol. The van der Waals surface area contributed by atoms with Gasteiger partial charge in [0.15, 0.2) is 5.13 Å². The van der Waals surface area contributed by atoms with Crippen LogP contribution in [0, 0.1) is 6.57 Å². The standard InChI is InChI=1S/C26H19F6N5OS/c1-33-18-6-8-37(9-7-18)24-35-23(38)22(39-24)19(14-3-5-21-16(10-14)13-34-36-21)11-15-2-4-17(25(27,28)29)12-20(15)26(30,31)32/h2-5,10,12-13,18,38H,6-9,11H2. The smallest absolute Gasteiger partial charge is 0.416 e. The fourth-order valence-electron chi connectivity index (χ4n) is 4.58. The Balaban J connectivity index is 1.64. The molecular formula is C26H19F6N5OS. The highest BCUT2D eigenvalue weighted by atomic mass is 32.1. The minimum absolute atomic E-state index is 0.102. The Labute approximate surface area is 222 Å². The van der Waals surface area contributed by atoms with Gasteiger partial charge in [-0.2, -0.15) is 41.5 Å². The maximum absolute atomic E-state index is 13.9. The second-order valence-electron chi connectivity index (χ2n) is 9.14. The molecule has 0 unspecified atom stereocenters. The number of thiazole rings is 1. The Morgan fingerprint density at radius 1 is 1.05 bits per heavy atom. The van der Waals surface area contributed by atoms with Gasteiger partial charge in [-0.25, -0.2) is 6.57 Å². The van der Waals surface area contributed by atoms with Gasteiger partial charge in [-0.3, -0.25) is 0 Å². The first-order valence-corrected chi connectivity index (χ1v) is 12.6. The molecule has 0 saturated carbocycles. The summed E-state index contributed by atoms with van der Waals surface area (Å²) < 4.78 is 81.5. The predicted molar refractivity (Wildman–Crippen MR) is 133 cm³/mol. The average Bonchev–Trinajstić information content (AvgIpc) is 3.52. The monoisotopic (exact) mass is 563 g/mol. The number of alkyl halides is 6. The SMILES string of the molecule is [C-]#[N+]C1CCN(c2nc(O)c(C(Cc3ccc(C(F)(F)F)cc3C(F)(F)F)=c3ccc4c(c3)C=NN=4)s2)CC1. The van der Waals surface area contributed by atoms with E-state index >= 15 is 0 Å². The van der Waals surface area contributed by atoms with E-state index in [4.69, 9.17) is 6.57 Å². The maximum Gasteiger partial charge on any atom is 0.416 e. The van der Waals surface area contributed by atoms with Crippen molar-refractivity contribution in [2.75, 3.05) is 18.0 Å². The molecule has 0 atom stereocenters. The van der Waals surface area contributed by atoms with Crippen molar-refractivity contribution in [1.82, 2.24) is 4.98 Å². The fourth-order valence-corrected chi connectivity index (χ4v) is 5.66. The first-order chi connectivity index (χ1) is 18.4. The first kappa shape index (κ1) is 26.7. The predicted octanol–water partition coefficient (Wildman–Crippen LogP) is 5.18. The second kappa shape index (κ2) is 10.00. The van der Waals surface area contributed by atoms with Crippen LogP contribution in [0.15, 0.2) is 46.6 Å². The second-order valence-corrected chi connectivity index (χ2v) is 10.1. The Morgan fingerprint density at radius 3 is 2.46 bits per heavy atom. The molecule has 2 aliphatic rings. The summed E-state index contributed by atoms with van der Waals surface area (Å²) in [6, 6.07) is 6.35. The molecule has 0 spiro atoms. The highest BCUT2D eigenvalue weighted by Crippen LogP contribution is 2.41. The summed E-state index contributed by atoms with van der Waals surface area (Å²) in [5.74, 6) is -0.392. The Bertz CT molecular complexity index is 1610. The number of fused-ring (bicyclic) bond motifs is 1. The van der Waals surface area contributed by atoms with Gasteiger partial charge in [0.2, 0.25) is 11.9 Å². The molecule has 2 aromatic carbocycles. The third-order valence-electron chi connectivity index (χ3n) is 6.64. The minimum atomic E-state index is -5.04. The lowest BCUT2D eigenvalue weighted by Gasteiger charge is -2.26. The van der Waals surface area contributed by atoms with Crippen LogP contribution in [0.3, 0.4) is 0 Å². The number of halogens is 6. The van der Waals surface area contributed by atoms with Gasteiger partial charge in [-0.1, -0.05) is 23.5 Å². The molecule has 1 aromatic heterocycles. The lowest BCUT2D eigenvalue weighted by atomic mass is 9.94. The fraction of sp³-hybridized carbons (Fsp3) is 0.308. The highest BCUT2D eigenvalue weighted by Gasteiger charge is 2.38. The number of piperidine rings is 1. The lowest BCUT2D eigenvalue weighted by molar-refractivity contribution is -0.143. The normalized spacial score (nSPS) is 16.6. The van der Waals surface area contributed by atoms with Crippen molar-refractivity contribution in [3.63, 3.8) is 0 Å². The third kappa shape index (κ3) is 5.47. The Kier molecular flexibility index (Phi) is 6.84. The zero-order chi connectivity index (χ0) is 27.9. The molecule has 0 bridgehead atoms. The van der Waals surface area contributed by atoms with Gasteiger partial charge in [0.05, 0.1) is 27.6 Å². The van der Waals surface area contributed by atoms with Crippen LogP contribution < -0.4 is 15.5 Å². The Morgan fingerprint density at radius 2 is 1.79 bits per heavy atom. The van der Waals surface area contributed by atoms with Gasteiger partial charge in [-0.05, 0) is 40.6 Å². The number of nitrogens with zero attached hydrogens (tertiary/aromatic N) is 5. The van der Waals surface area contributed by atoms with Crippen molar-refractivity contribution in [3.8, 4) is 5.88 Å². The molecule has 5 rings (SSSR count). The zero-order valence-electron chi connectivity index (χ0n) is 20.0. The number of anilines is 1. The summed E-state index contributed by atoms with van der Waals surface area (Å²) in [6.07, 6.45) is -7.70. The summed E-state index contributed by atoms with van der Waals surface area (Å²) in [6.45, 7) is 8.28. The molecule has 6 nitrogen and oxygen atoms in total. The van der Waals surface area contributed by atoms with Crippen LogP contribution in [-0.2, 0) is 18.8 Å². The van der Waals surface area contributed by atoms with Crippen molar-refractivity contribution in [1.29, 1.82) is 0 Å². The molecule has 2 aliphatic heterocycles. The van der Waals surface area contributed by atoms with Gasteiger partial charge < -0.3 is 14.9 Å². The van der Waals surface area contributed by atoms with Crippen LogP contribution in [0.1, 0.15) is 40.0 Å². The first-order valence-electron chi connectivity index (χ1n) is 11.8. The van der Waals surface area contributed by atoms with E-state index in [1.807, 2.05) is 4.90 Å². The van der Waals surface area contributed by atoms with Crippen LogP contribution in [0.2, 0.25) is 0 Å². The highest BCUT2D eigenvalue weighted by molar-refractivity contribution is 7.17. The number of hydrogen-bond donors (Lipinski definition) is 1. The van der Waals surface area contributed by atoms with E-state index in [2.05, 4.69) is 20.0 Å². The molecule has 3 aromatic rings. The number of rotatable bonds is 4. The third-order valence-corrected chi connectivity index (χ3v) is 7.80. The zero-order valence-corrected chi connectivity index (χ0v) is 20.8. The van der Waals surface area contributed by atoms with Gasteiger partial charge in [-0.15, -0.1) is 0 Å². The van der Waals surface area contributed by atoms with Crippen LogP contribution in [0.25, 0.3) is 10.4 Å². The molecule has 0 radical (unpaired) electrons. The molecule has 1 fully saturated rings. The maximum atomic E-state index is 13.9. The summed E-state index contributed by atoms with van der Waals surface area (Å²) in [4.78, 5) is 9.92. The topological polar surface area (TPSA) is 65.4 Å². The van der Waals surface area contributed by atoms with Crippen LogP contribution >= 0.6 is 11.3 Å². The average molecular weight is 564 g/mol. The molecule has 1 saturated heterocycles. The van der Waals surface area contributed by atoms with Crippen molar-refractivity contribution in [2.45, 2.75) is 37.7 Å². The van der Waals surface area contributed by atoms with Crippen molar-refractivity contribution in [2.24, 2.45) is 10.2 Å². The van der Waals surface area contributed by atoms with Gasteiger partial charge in [0.25, 0.3) is 0 Å². The lowest BCUT2D eigenvalue weighted by Crippen LogP contribution is -2.34. The molecule has 39 heavy (non-hydrogen) atoms. The van der Waals surface area contributed by atoms with E-state index in [-0.39, 0.29) is 28.1 Å². The molecule has 3 heterocycles. The molecule has 0 amide bonds. The van der Waals surface area contributed by atoms with Crippen molar-refractivity contribution in [3.05, 3.63) is 85.5 Å². The van der Waals surface area contributed by atoms with E-state index in [1.54, 1.807) is 18.2 Å². The van der Waals surface area contributed by atoms with E-state index in [0.717, 1.165) is 17.4 Å².